The minimum atomic E-state index is -1.45. The van der Waals surface area contributed by atoms with Gasteiger partial charge in [0, 0.05) is 24.0 Å². The highest BCUT2D eigenvalue weighted by Crippen LogP contribution is 2.26. The summed E-state index contributed by atoms with van der Waals surface area (Å²) in [5.41, 5.74) is 0.0144. The van der Waals surface area contributed by atoms with E-state index in [4.69, 9.17) is 23.8 Å². The molecule has 1 aromatic carbocycles. The Kier molecular flexibility index (Phi) is 5.92. The fourth-order valence-corrected chi connectivity index (χ4v) is 4.73. The van der Waals surface area contributed by atoms with Crippen molar-refractivity contribution >= 4 is 57.7 Å². The van der Waals surface area contributed by atoms with Gasteiger partial charge in [0.25, 0.3) is 11.5 Å². The molecule has 4 aromatic rings. The number of carbonyl (C=O) groups excluding carboxylic acids is 2. The van der Waals surface area contributed by atoms with Gasteiger partial charge in [-0.1, -0.05) is 23.7 Å². The number of likely N-dealkylation sites (tertiary alicyclic amines) is 1. The molecular formula is C24H22ClFN6O3S. The van der Waals surface area contributed by atoms with Crippen molar-refractivity contribution in [3.05, 3.63) is 67.8 Å². The topological polar surface area (TPSA) is 105 Å². The summed E-state index contributed by atoms with van der Waals surface area (Å²) in [6.07, 6.45) is 1.52. The minimum absolute atomic E-state index is 0.0520. The lowest BCUT2D eigenvalue weighted by Crippen LogP contribution is -2.60. The minimum Gasteiger partial charge on any atom is -0.348 e. The Morgan fingerprint density at radius 3 is 2.64 bits per heavy atom. The summed E-state index contributed by atoms with van der Waals surface area (Å²) in [6.45, 7) is 1.11. The van der Waals surface area contributed by atoms with E-state index >= 15 is 0 Å². The smallest absolute Gasteiger partial charge is 0.265 e. The first-order chi connectivity index (χ1) is 17.0. The maximum Gasteiger partial charge on any atom is 0.265 e. The molecule has 1 aliphatic rings. The van der Waals surface area contributed by atoms with E-state index in [-0.39, 0.29) is 37.4 Å². The van der Waals surface area contributed by atoms with Crippen LogP contribution >= 0.6 is 23.8 Å². The monoisotopic (exact) mass is 528 g/mol. The van der Waals surface area contributed by atoms with Crippen LogP contribution in [0.25, 0.3) is 22.1 Å². The van der Waals surface area contributed by atoms with E-state index in [9.17, 15) is 18.8 Å². The molecule has 3 aromatic heterocycles. The Bertz CT molecular complexity index is 1650. The number of aromatic amines is 1. The van der Waals surface area contributed by atoms with E-state index in [1.807, 2.05) is 0 Å². The van der Waals surface area contributed by atoms with Crippen molar-refractivity contribution in [1.82, 2.24) is 29.3 Å². The van der Waals surface area contributed by atoms with Crippen molar-refractivity contribution in [3.63, 3.8) is 0 Å². The molecule has 2 N–H and O–H groups in total. The van der Waals surface area contributed by atoms with Crippen molar-refractivity contribution in [2.45, 2.75) is 25.7 Å². The standard InChI is InChI=1S/C24H22ClFN6O3S/c1-24(26)11-31(12-24)18(33)10-32-20-15(19-17(9-27-20)29-23(36)30(19)2)7-16(22(32)35)21(34)28-8-13-3-5-14(25)6-4-13/h3-7,9H,8,10-12H2,1-2H3,(H,28,34)(H,29,36). The van der Waals surface area contributed by atoms with Gasteiger partial charge in [0.05, 0.1) is 30.3 Å². The molecule has 5 rings (SSSR count). The second kappa shape index (κ2) is 8.82. The zero-order valence-corrected chi connectivity index (χ0v) is 21.0. The van der Waals surface area contributed by atoms with Gasteiger partial charge in [-0.15, -0.1) is 0 Å². The van der Waals surface area contributed by atoms with E-state index in [0.29, 0.717) is 26.2 Å². The third kappa shape index (κ3) is 4.28. The number of nitrogens with one attached hydrogen (secondary N) is 2. The fourth-order valence-electron chi connectivity index (χ4n) is 4.41. The van der Waals surface area contributed by atoms with Crippen LogP contribution in [0.1, 0.15) is 22.8 Å². The van der Waals surface area contributed by atoms with E-state index in [1.54, 1.807) is 35.9 Å². The summed E-state index contributed by atoms with van der Waals surface area (Å²) < 4.78 is 17.3. The molecule has 0 aliphatic carbocycles. The Balaban J connectivity index is 1.59. The van der Waals surface area contributed by atoms with Crippen molar-refractivity contribution in [2.24, 2.45) is 7.05 Å². The van der Waals surface area contributed by atoms with Crippen molar-refractivity contribution in [3.8, 4) is 0 Å². The normalized spacial score (nSPS) is 14.7. The Labute approximate surface area is 214 Å². The van der Waals surface area contributed by atoms with Crippen molar-refractivity contribution < 1.29 is 14.0 Å². The molecular weight excluding hydrogens is 507 g/mol. The third-order valence-electron chi connectivity index (χ3n) is 6.27. The molecule has 0 unspecified atom stereocenters. The zero-order valence-electron chi connectivity index (χ0n) is 19.5. The Morgan fingerprint density at radius 2 is 1.97 bits per heavy atom. The van der Waals surface area contributed by atoms with Crippen molar-refractivity contribution in [2.75, 3.05) is 13.1 Å². The number of amides is 2. The van der Waals surface area contributed by atoms with Gasteiger partial charge in [0.15, 0.2) is 4.77 Å². The lowest BCUT2D eigenvalue weighted by molar-refractivity contribution is -0.144. The Hall–Kier alpha value is -3.57. The van der Waals surface area contributed by atoms with Gasteiger partial charge in [-0.05, 0) is 42.9 Å². The summed E-state index contributed by atoms with van der Waals surface area (Å²) in [6, 6.07) is 8.41. The summed E-state index contributed by atoms with van der Waals surface area (Å²) >= 11 is 11.3. The molecule has 0 radical (unpaired) electrons. The first kappa shape index (κ1) is 24.1. The number of imidazole rings is 1. The molecule has 36 heavy (non-hydrogen) atoms. The predicted molar refractivity (Wildman–Crippen MR) is 136 cm³/mol. The van der Waals surface area contributed by atoms with Gasteiger partial charge in [0.2, 0.25) is 5.91 Å². The van der Waals surface area contributed by atoms with Crippen LogP contribution in [-0.2, 0) is 24.9 Å². The average Bonchev–Trinajstić information content (AvgIpc) is 3.11. The number of rotatable bonds is 5. The second-order valence-electron chi connectivity index (χ2n) is 9.17. The molecule has 1 aliphatic heterocycles. The third-order valence-corrected chi connectivity index (χ3v) is 6.89. The fraction of sp³-hybridized carbons (Fsp3) is 0.292. The summed E-state index contributed by atoms with van der Waals surface area (Å²) in [4.78, 5) is 48.2. The lowest BCUT2D eigenvalue weighted by atomic mass is 9.99. The van der Waals surface area contributed by atoms with Gasteiger partial charge >= 0.3 is 0 Å². The van der Waals surface area contributed by atoms with Gasteiger partial charge in [-0.25, -0.2) is 9.37 Å². The first-order valence-electron chi connectivity index (χ1n) is 11.1. The summed E-state index contributed by atoms with van der Waals surface area (Å²) in [7, 11) is 1.75. The molecule has 0 saturated carbocycles. The van der Waals surface area contributed by atoms with Crippen LogP contribution in [0, 0.1) is 4.77 Å². The van der Waals surface area contributed by atoms with Crippen LogP contribution in [0.2, 0.25) is 5.02 Å². The van der Waals surface area contributed by atoms with Crippen LogP contribution in [0.3, 0.4) is 0 Å². The molecule has 9 nitrogen and oxygen atoms in total. The molecule has 1 saturated heterocycles. The highest BCUT2D eigenvalue weighted by Gasteiger charge is 2.41. The van der Waals surface area contributed by atoms with Crippen LogP contribution in [0.4, 0.5) is 4.39 Å². The van der Waals surface area contributed by atoms with Crippen LogP contribution in [0.15, 0.2) is 41.3 Å². The van der Waals surface area contributed by atoms with Crippen LogP contribution in [0.5, 0.6) is 0 Å². The number of carbonyl (C=O) groups is 2. The number of hydrogen-bond donors (Lipinski definition) is 2. The largest absolute Gasteiger partial charge is 0.348 e. The maximum absolute atomic E-state index is 14.0. The molecule has 186 valence electrons. The number of benzene rings is 1. The van der Waals surface area contributed by atoms with Crippen molar-refractivity contribution in [1.29, 1.82) is 0 Å². The summed E-state index contributed by atoms with van der Waals surface area (Å²) in [5, 5.41) is 3.79. The predicted octanol–water partition coefficient (Wildman–Crippen LogP) is 3.10. The number of fused-ring (bicyclic) bond motifs is 3. The van der Waals surface area contributed by atoms with E-state index in [0.717, 1.165) is 10.1 Å². The second-order valence-corrected chi connectivity index (χ2v) is 9.99. The molecule has 0 spiro atoms. The number of halogens is 2. The van der Waals surface area contributed by atoms with Gasteiger partial charge in [-0.3, -0.25) is 19.0 Å². The van der Waals surface area contributed by atoms with E-state index in [1.165, 1.54) is 24.1 Å². The lowest BCUT2D eigenvalue weighted by Gasteiger charge is -2.42. The molecule has 0 atom stereocenters. The number of alkyl halides is 1. The number of aromatic nitrogens is 4. The van der Waals surface area contributed by atoms with Gasteiger partial charge in [0.1, 0.15) is 23.4 Å². The molecule has 2 amide bonds. The molecule has 1 fully saturated rings. The SMILES string of the molecule is Cn1c(=S)[nH]c2cnc3c(cc(C(=O)NCc4ccc(Cl)cc4)c(=O)n3CC(=O)N3CC(C)(F)C3)c21. The van der Waals surface area contributed by atoms with E-state index in [2.05, 4.69) is 15.3 Å². The number of H-pyrrole nitrogens is 1. The Morgan fingerprint density at radius 1 is 1.28 bits per heavy atom. The number of hydrogen-bond acceptors (Lipinski definition) is 5. The maximum atomic E-state index is 14.0. The van der Waals surface area contributed by atoms with Gasteiger partial charge in [-0.2, -0.15) is 0 Å². The van der Waals surface area contributed by atoms with E-state index < -0.39 is 23.0 Å². The number of nitrogens with zero attached hydrogens (tertiary/aromatic N) is 4. The molecule has 0 bridgehead atoms. The number of pyridine rings is 2. The van der Waals surface area contributed by atoms with Crippen LogP contribution in [-0.4, -0.2) is 54.6 Å². The quantitative estimate of drug-likeness (QED) is 0.387. The van der Waals surface area contributed by atoms with Gasteiger partial charge < -0.3 is 19.8 Å². The highest BCUT2D eigenvalue weighted by atomic mass is 35.5. The summed E-state index contributed by atoms with van der Waals surface area (Å²) in [5.74, 6) is -1.04. The van der Waals surface area contributed by atoms with Crippen LogP contribution < -0.4 is 10.9 Å². The molecule has 4 heterocycles. The molecule has 12 heteroatoms. The zero-order chi connectivity index (χ0) is 25.8. The number of aryl methyl sites for hydroxylation is 1. The average molecular weight is 529 g/mol. The first-order valence-corrected chi connectivity index (χ1v) is 11.9. The highest BCUT2D eigenvalue weighted by molar-refractivity contribution is 7.71.